The van der Waals surface area contributed by atoms with Crippen LogP contribution in [-0.4, -0.2) is 42.7 Å². The summed E-state index contributed by atoms with van der Waals surface area (Å²) in [6.45, 7) is 2.10. The summed E-state index contributed by atoms with van der Waals surface area (Å²) in [7, 11) is -3.67. The lowest BCUT2D eigenvalue weighted by Crippen LogP contribution is -2.49. The number of aromatic nitrogens is 1. The predicted molar refractivity (Wildman–Crippen MR) is 74.8 cm³/mol. The molecule has 20 heavy (non-hydrogen) atoms. The number of amides is 1. The molecule has 0 spiro atoms. The van der Waals surface area contributed by atoms with Crippen LogP contribution in [-0.2, 0) is 14.8 Å². The molecule has 1 fully saturated rings. The van der Waals surface area contributed by atoms with E-state index in [9.17, 15) is 13.2 Å². The molecule has 1 unspecified atom stereocenters. The monoisotopic (exact) mass is 317 g/mol. The van der Waals surface area contributed by atoms with Gasteiger partial charge in [0.2, 0.25) is 15.9 Å². The van der Waals surface area contributed by atoms with Crippen LogP contribution in [0.5, 0.6) is 0 Å². The van der Waals surface area contributed by atoms with Gasteiger partial charge >= 0.3 is 0 Å². The van der Waals surface area contributed by atoms with Crippen LogP contribution in [0.3, 0.4) is 0 Å². The number of sulfonamides is 1. The zero-order valence-electron chi connectivity index (χ0n) is 11.0. The minimum Gasteiger partial charge on any atom is -0.352 e. The van der Waals surface area contributed by atoms with Gasteiger partial charge in [-0.25, -0.2) is 8.42 Å². The molecule has 110 valence electrons. The van der Waals surface area contributed by atoms with E-state index in [0.717, 1.165) is 6.42 Å². The summed E-state index contributed by atoms with van der Waals surface area (Å²) in [5.41, 5.74) is 0. The van der Waals surface area contributed by atoms with E-state index in [-0.39, 0.29) is 28.4 Å². The fraction of sp³-hybridized carbons (Fsp3) is 0.500. The van der Waals surface area contributed by atoms with Crippen LogP contribution >= 0.6 is 11.6 Å². The second-order valence-electron chi connectivity index (χ2n) is 4.71. The number of rotatable bonds is 3. The molecular weight excluding hydrogens is 302 g/mol. The van der Waals surface area contributed by atoms with Crippen molar-refractivity contribution in [3.8, 4) is 0 Å². The Morgan fingerprint density at radius 2 is 2.30 bits per heavy atom. The lowest BCUT2D eigenvalue weighted by atomic mass is 10.1. The Morgan fingerprint density at radius 3 is 2.95 bits per heavy atom. The quantitative estimate of drug-likeness (QED) is 0.903. The smallest absolute Gasteiger partial charge is 0.246 e. The summed E-state index contributed by atoms with van der Waals surface area (Å²) in [5, 5.41) is 2.91. The van der Waals surface area contributed by atoms with Crippen LogP contribution in [0.1, 0.15) is 19.8 Å². The van der Waals surface area contributed by atoms with Crippen molar-refractivity contribution in [3.05, 3.63) is 23.5 Å². The van der Waals surface area contributed by atoms with Crippen molar-refractivity contribution >= 4 is 27.5 Å². The molecule has 8 heteroatoms. The molecule has 2 heterocycles. The van der Waals surface area contributed by atoms with Crippen molar-refractivity contribution in [2.24, 2.45) is 0 Å². The SMILES string of the molecule is CC(=O)NC1CCCN(S(=O)(=O)c2cnccc2Cl)C1. The van der Waals surface area contributed by atoms with E-state index in [1.165, 1.54) is 29.7 Å². The predicted octanol–water partition coefficient (Wildman–Crippen LogP) is 1.02. The molecule has 6 nitrogen and oxygen atoms in total. The number of piperidine rings is 1. The van der Waals surface area contributed by atoms with Crippen molar-refractivity contribution in [1.82, 2.24) is 14.6 Å². The minimum absolute atomic E-state index is 0.00476. The Balaban J connectivity index is 2.22. The van der Waals surface area contributed by atoms with Crippen molar-refractivity contribution in [2.45, 2.75) is 30.7 Å². The van der Waals surface area contributed by atoms with Crippen molar-refractivity contribution in [2.75, 3.05) is 13.1 Å². The molecule has 1 aromatic heterocycles. The maximum atomic E-state index is 12.5. The highest BCUT2D eigenvalue weighted by molar-refractivity contribution is 7.89. The van der Waals surface area contributed by atoms with Gasteiger partial charge in [-0.05, 0) is 18.9 Å². The van der Waals surface area contributed by atoms with Gasteiger partial charge < -0.3 is 5.32 Å². The highest BCUT2D eigenvalue weighted by Crippen LogP contribution is 2.25. The standard InChI is InChI=1S/C12H16ClN3O3S/c1-9(17)15-10-3-2-6-16(8-10)20(18,19)12-7-14-5-4-11(12)13/h4-5,7,10H,2-3,6,8H2,1H3,(H,15,17). The minimum atomic E-state index is -3.67. The number of pyridine rings is 1. The second kappa shape index (κ2) is 6.07. The first-order chi connectivity index (χ1) is 9.41. The summed E-state index contributed by atoms with van der Waals surface area (Å²) in [4.78, 5) is 14.9. The van der Waals surface area contributed by atoms with Crippen molar-refractivity contribution in [1.29, 1.82) is 0 Å². The number of nitrogens with zero attached hydrogens (tertiary/aromatic N) is 2. The molecule has 1 aliphatic heterocycles. The average Bonchev–Trinajstić information content (AvgIpc) is 2.38. The molecule has 0 aromatic carbocycles. The first-order valence-corrected chi connectivity index (χ1v) is 8.10. The molecule has 1 amide bonds. The maximum absolute atomic E-state index is 12.5. The Kier molecular flexibility index (Phi) is 4.62. The molecule has 0 saturated carbocycles. The summed E-state index contributed by atoms with van der Waals surface area (Å²) in [5.74, 6) is -0.159. The second-order valence-corrected chi connectivity index (χ2v) is 7.02. The molecule has 1 saturated heterocycles. The average molecular weight is 318 g/mol. The van der Waals surface area contributed by atoms with Gasteiger partial charge in [-0.1, -0.05) is 11.6 Å². The van der Waals surface area contributed by atoms with Gasteiger partial charge in [-0.15, -0.1) is 0 Å². The maximum Gasteiger partial charge on any atom is 0.246 e. The number of hydrogen-bond acceptors (Lipinski definition) is 4. The molecular formula is C12H16ClN3O3S. The largest absolute Gasteiger partial charge is 0.352 e. The number of halogens is 1. The van der Waals surface area contributed by atoms with Crippen LogP contribution in [0.4, 0.5) is 0 Å². The Morgan fingerprint density at radius 1 is 1.55 bits per heavy atom. The summed E-state index contributed by atoms with van der Waals surface area (Å²) < 4.78 is 26.4. The summed E-state index contributed by atoms with van der Waals surface area (Å²) >= 11 is 5.93. The summed E-state index contributed by atoms with van der Waals surface area (Å²) in [6, 6.07) is 1.29. The lowest BCUT2D eigenvalue weighted by molar-refractivity contribution is -0.119. The van der Waals surface area contributed by atoms with E-state index < -0.39 is 10.0 Å². The number of carbonyl (C=O) groups is 1. The number of carbonyl (C=O) groups excluding carboxylic acids is 1. The van der Waals surface area contributed by atoms with E-state index in [2.05, 4.69) is 10.3 Å². The first-order valence-electron chi connectivity index (χ1n) is 6.28. The number of hydrogen-bond donors (Lipinski definition) is 1. The first kappa shape index (κ1) is 15.2. The molecule has 0 radical (unpaired) electrons. The zero-order valence-corrected chi connectivity index (χ0v) is 12.6. The van der Waals surface area contributed by atoms with E-state index >= 15 is 0 Å². The van der Waals surface area contributed by atoms with Gasteiger partial charge in [0.1, 0.15) is 4.90 Å². The highest BCUT2D eigenvalue weighted by atomic mass is 35.5. The van der Waals surface area contributed by atoms with Gasteiger partial charge in [0.15, 0.2) is 0 Å². The third-order valence-corrected chi connectivity index (χ3v) is 5.48. The fourth-order valence-corrected chi connectivity index (χ4v) is 4.19. The van der Waals surface area contributed by atoms with Gasteiger partial charge in [0.05, 0.1) is 5.02 Å². The molecule has 1 atom stereocenters. The molecule has 1 aliphatic rings. The van der Waals surface area contributed by atoms with Gasteiger partial charge in [-0.2, -0.15) is 4.31 Å². The van der Waals surface area contributed by atoms with Crippen molar-refractivity contribution in [3.63, 3.8) is 0 Å². The van der Waals surface area contributed by atoms with Gasteiger partial charge in [0, 0.05) is 38.4 Å². The Bertz CT molecular complexity index is 606. The van der Waals surface area contributed by atoms with Crippen molar-refractivity contribution < 1.29 is 13.2 Å². The van der Waals surface area contributed by atoms with E-state index in [1.807, 2.05) is 0 Å². The normalized spacial score (nSPS) is 20.6. The molecule has 0 aliphatic carbocycles. The third kappa shape index (κ3) is 3.28. The number of nitrogens with one attached hydrogen (secondary N) is 1. The fourth-order valence-electron chi connectivity index (χ4n) is 2.26. The van der Waals surface area contributed by atoms with Crippen LogP contribution in [0, 0.1) is 0 Å². The third-order valence-electron chi connectivity index (χ3n) is 3.14. The lowest BCUT2D eigenvalue weighted by Gasteiger charge is -2.32. The molecule has 2 rings (SSSR count). The van der Waals surface area contributed by atoms with E-state index in [1.54, 1.807) is 0 Å². The highest BCUT2D eigenvalue weighted by Gasteiger charge is 2.31. The topological polar surface area (TPSA) is 79.4 Å². The van der Waals surface area contributed by atoms with Crippen LogP contribution in [0.15, 0.2) is 23.4 Å². The molecule has 0 bridgehead atoms. The van der Waals surface area contributed by atoms with Gasteiger partial charge in [0.25, 0.3) is 0 Å². The van der Waals surface area contributed by atoms with E-state index in [4.69, 9.17) is 11.6 Å². The van der Waals surface area contributed by atoms with Gasteiger partial charge in [-0.3, -0.25) is 9.78 Å². The van der Waals surface area contributed by atoms with E-state index in [0.29, 0.717) is 13.0 Å². The summed E-state index contributed by atoms with van der Waals surface area (Å²) in [6.07, 6.45) is 4.16. The Labute approximate surface area is 123 Å². The zero-order chi connectivity index (χ0) is 14.8. The Hall–Kier alpha value is -1.18. The molecule has 1 N–H and O–H groups in total. The van der Waals surface area contributed by atoms with Crippen LogP contribution < -0.4 is 5.32 Å². The molecule has 1 aromatic rings. The van der Waals surface area contributed by atoms with Crippen LogP contribution in [0.25, 0.3) is 0 Å². The van der Waals surface area contributed by atoms with Crippen LogP contribution in [0.2, 0.25) is 5.02 Å².